The minimum Gasteiger partial charge on any atom is -0.493 e. The van der Waals surface area contributed by atoms with Crippen LogP contribution in [0.3, 0.4) is 0 Å². The largest absolute Gasteiger partial charge is 0.493 e. The van der Waals surface area contributed by atoms with Gasteiger partial charge in [0.2, 0.25) is 5.82 Å². The topological polar surface area (TPSA) is 110 Å². The minimum absolute atomic E-state index is 0.476. The normalized spacial score (nSPS) is 11.4. The SMILES string of the molecule is CCOc1cc(CCCNC(=NC)NCc2nc(-c3ccco3)n[nH]2)ccc1OC. The van der Waals surface area contributed by atoms with E-state index in [1.807, 2.05) is 25.1 Å². The van der Waals surface area contributed by atoms with Crippen molar-refractivity contribution in [1.29, 1.82) is 0 Å². The fourth-order valence-corrected chi connectivity index (χ4v) is 2.92. The molecular weight excluding hydrogens is 384 g/mol. The number of ether oxygens (including phenoxy) is 2. The quantitative estimate of drug-likeness (QED) is 0.267. The summed E-state index contributed by atoms with van der Waals surface area (Å²) in [5, 5.41) is 13.6. The van der Waals surface area contributed by atoms with E-state index in [2.05, 4.69) is 36.9 Å². The van der Waals surface area contributed by atoms with E-state index in [1.165, 1.54) is 5.56 Å². The second kappa shape index (κ2) is 10.9. The van der Waals surface area contributed by atoms with E-state index < -0.39 is 0 Å². The van der Waals surface area contributed by atoms with Crippen molar-refractivity contribution in [2.24, 2.45) is 4.99 Å². The van der Waals surface area contributed by atoms with E-state index in [4.69, 9.17) is 13.9 Å². The Kier molecular flexibility index (Phi) is 7.71. The molecule has 1 aromatic carbocycles. The van der Waals surface area contributed by atoms with Gasteiger partial charge in [-0.05, 0) is 49.6 Å². The van der Waals surface area contributed by atoms with Crippen LogP contribution in [-0.2, 0) is 13.0 Å². The molecular formula is C21H28N6O3. The Bertz CT molecular complexity index is 936. The van der Waals surface area contributed by atoms with Gasteiger partial charge in [-0.1, -0.05) is 6.07 Å². The van der Waals surface area contributed by atoms with Crippen molar-refractivity contribution in [1.82, 2.24) is 25.8 Å². The number of aromatic amines is 1. The Morgan fingerprint density at radius 1 is 1.23 bits per heavy atom. The molecule has 0 amide bonds. The van der Waals surface area contributed by atoms with Crippen molar-refractivity contribution in [2.75, 3.05) is 27.3 Å². The summed E-state index contributed by atoms with van der Waals surface area (Å²) in [6.45, 7) is 3.83. The molecule has 0 aliphatic carbocycles. The number of aliphatic imine (C=N–C) groups is 1. The Morgan fingerprint density at radius 2 is 2.13 bits per heavy atom. The first kappa shape index (κ1) is 21.2. The number of benzene rings is 1. The van der Waals surface area contributed by atoms with Crippen LogP contribution < -0.4 is 20.1 Å². The third-order valence-corrected chi connectivity index (χ3v) is 4.38. The average molecular weight is 412 g/mol. The first-order valence-electron chi connectivity index (χ1n) is 9.92. The van der Waals surface area contributed by atoms with E-state index in [9.17, 15) is 0 Å². The lowest BCUT2D eigenvalue weighted by atomic mass is 10.1. The summed E-state index contributed by atoms with van der Waals surface area (Å²) >= 11 is 0. The minimum atomic E-state index is 0.476. The lowest BCUT2D eigenvalue weighted by Crippen LogP contribution is -2.37. The maximum atomic E-state index is 5.64. The summed E-state index contributed by atoms with van der Waals surface area (Å²) in [6.07, 6.45) is 3.46. The number of furan rings is 1. The van der Waals surface area contributed by atoms with Gasteiger partial charge in [-0.25, -0.2) is 4.98 Å². The average Bonchev–Trinajstić information content (AvgIpc) is 3.45. The van der Waals surface area contributed by atoms with Gasteiger partial charge in [0.15, 0.2) is 23.2 Å². The number of nitrogens with zero attached hydrogens (tertiary/aromatic N) is 3. The Balaban J connectivity index is 1.42. The van der Waals surface area contributed by atoms with E-state index >= 15 is 0 Å². The van der Waals surface area contributed by atoms with Crippen molar-refractivity contribution in [3.05, 3.63) is 48.0 Å². The maximum absolute atomic E-state index is 5.64. The summed E-state index contributed by atoms with van der Waals surface area (Å²) in [5.41, 5.74) is 1.20. The molecule has 9 heteroatoms. The highest BCUT2D eigenvalue weighted by Gasteiger charge is 2.09. The number of methoxy groups -OCH3 is 1. The molecule has 0 aliphatic rings. The van der Waals surface area contributed by atoms with E-state index in [0.29, 0.717) is 36.5 Å². The molecule has 0 spiro atoms. The summed E-state index contributed by atoms with van der Waals surface area (Å²) in [5.74, 6) is 4.10. The lowest BCUT2D eigenvalue weighted by molar-refractivity contribution is 0.310. The molecule has 0 aliphatic heterocycles. The third-order valence-electron chi connectivity index (χ3n) is 4.38. The number of H-pyrrole nitrogens is 1. The van der Waals surface area contributed by atoms with Gasteiger partial charge in [-0.3, -0.25) is 10.1 Å². The molecule has 30 heavy (non-hydrogen) atoms. The molecule has 2 heterocycles. The van der Waals surface area contributed by atoms with Gasteiger partial charge < -0.3 is 24.5 Å². The van der Waals surface area contributed by atoms with Crippen LogP contribution in [-0.4, -0.2) is 48.5 Å². The summed E-state index contributed by atoms with van der Waals surface area (Å²) in [7, 11) is 3.39. The van der Waals surface area contributed by atoms with Crippen molar-refractivity contribution in [2.45, 2.75) is 26.3 Å². The fourth-order valence-electron chi connectivity index (χ4n) is 2.92. The van der Waals surface area contributed by atoms with Crippen LogP contribution in [0.5, 0.6) is 11.5 Å². The molecule has 2 aromatic heterocycles. The molecule has 0 saturated heterocycles. The van der Waals surface area contributed by atoms with Crippen LogP contribution in [0.15, 0.2) is 46.0 Å². The molecule has 9 nitrogen and oxygen atoms in total. The van der Waals surface area contributed by atoms with E-state index in [0.717, 1.165) is 30.9 Å². The number of hydrogen-bond donors (Lipinski definition) is 3. The maximum Gasteiger partial charge on any atom is 0.216 e. The molecule has 0 fully saturated rings. The molecule has 0 radical (unpaired) electrons. The zero-order chi connectivity index (χ0) is 21.2. The van der Waals surface area contributed by atoms with Gasteiger partial charge in [0, 0.05) is 13.6 Å². The van der Waals surface area contributed by atoms with Gasteiger partial charge in [-0.2, -0.15) is 0 Å². The summed E-state index contributed by atoms with van der Waals surface area (Å²) in [4.78, 5) is 8.65. The lowest BCUT2D eigenvalue weighted by Gasteiger charge is -2.12. The molecule has 3 rings (SSSR count). The third kappa shape index (κ3) is 5.76. The smallest absolute Gasteiger partial charge is 0.216 e. The Hall–Kier alpha value is -3.49. The van der Waals surface area contributed by atoms with E-state index in [1.54, 1.807) is 26.5 Å². The van der Waals surface area contributed by atoms with Gasteiger partial charge in [-0.15, -0.1) is 5.10 Å². The van der Waals surface area contributed by atoms with Gasteiger partial charge >= 0.3 is 0 Å². The van der Waals surface area contributed by atoms with Crippen LogP contribution in [0.25, 0.3) is 11.6 Å². The highest BCUT2D eigenvalue weighted by Crippen LogP contribution is 2.28. The Morgan fingerprint density at radius 3 is 2.87 bits per heavy atom. The number of aryl methyl sites for hydroxylation is 1. The Labute approximate surface area is 175 Å². The molecule has 3 N–H and O–H groups in total. The van der Waals surface area contributed by atoms with Crippen molar-refractivity contribution >= 4 is 5.96 Å². The molecule has 3 aromatic rings. The number of hydrogen-bond acceptors (Lipinski definition) is 6. The van der Waals surface area contributed by atoms with Crippen molar-refractivity contribution in [3.63, 3.8) is 0 Å². The zero-order valence-corrected chi connectivity index (χ0v) is 17.6. The predicted molar refractivity (Wildman–Crippen MR) is 115 cm³/mol. The van der Waals surface area contributed by atoms with Crippen molar-refractivity contribution in [3.8, 4) is 23.1 Å². The second-order valence-corrected chi connectivity index (χ2v) is 6.46. The number of nitrogens with one attached hydrogen (secondary N) is 3. The van der Waals surface area contributed by atoms with Gasteiger partial charge in [0.05, 0.1) is 26.5 Å². The molecule has 0 unspecified atom stereocenters. The fraction of sp³-hybridized carbons (Fsp3) is 0.381. The second-order valence-electron chi connectivity index (χ2n) is 6.46. The molecule has 0 saturated carbocycles. The summed E-state index contributed by atoms with van der Waals surface area (Å²) in [6, 6.07) is 9.67. The zero-order valence-electron chi connectivity index (χ0n) is 17.6. The van der Waals surface area contributed by atoms with Crippen LogP contribution in [0.4, 0.5) is 0 Å². The van der Waals surface area contributed by atoms with Crippen LogP contribution in [0.1, 0.15) is 24.7 Å². The first-order chi connectivity index (χ1) is 14.7. The number of rotatable bonds is 10. The molecule has 0 atom stereocenters. The summed E-state index contributed by atoms with van der Waals surface area (Å²) < 4.78 is 16.3. The van der Waals surface area contributed by atoms with Crippen LogP contribution in [0, 0.1) is 0 Å². The van der Waals surface area contributed by atoms with E-state index in [-0.39, 0.29) is 0 Å². The number of guanidine groups is 1. The molecule has 0 bridgehead atoms. The van der Waals surface area contributed by atoms with Gasteiger partial charge in [0.25, 0.3) is 0 Å². The predicted octanol–water partition coefficient (Wildman–Crippen LogP) is 2.77. The monoisotopic (exact) mass is 412 g/mol. The highest BCUT2D eigenvalue weighted by molar-refractivity contribution is 5.79. The molecule has 160 valence electrons. The van der Waals surface area contributed by atoms with Crippen LogP contribution >= 0.6 is 0 Å². The van der Waals surface area contributed by atoms with Gasteiger partial charge in [0.1, 0.15) is 5.82 Å². The number of aromatic nitrogens is 3. The standard InChI is InChI=1S/C21H28N6O3/c1-4-29-18-13-15(9-10-16(18)28-3)7-5-11-23-21(22-2)24-14-19-25-20(27-26-19)17-8-6-12-30-17/h6,8-10,12-13H,4-5,7,11,14H2,1-3H3,(H2,22,23,24)(H,25,26,27). The van der Waals surface area contributed by atoms with Crippen LogP contribution in [0.2, 0.25) is 0 Å². The highest BCUT2D eigenvalue weighted by atomic mass is 16.5. The van der Waals surface area contributed by atoms with Crippen molar-refractivity contribution < 1.29 is 13.9 Å². The first-order valence-corrected chi connectivity index (χ1v) is 9.92.